The topological polar surface area (TPSA) is 66.9 Å². The number of piperazine rings is 1. The summed E-state index contributed by atoms with van der Waals surface area (Å²) in [7, 11) is 1.58. The van der Waals surface area contributed by atoms with E-state index in [2.05, 4.69) is 45.2 Å². The van der Waals surface area contributed by atoms with Gasteiger partial charge in [-0.2, -0.15) is 0 Å². The molecule has 2 heterocycles. The highest BCUT2D eigenvalue weighted by Crippen LogP contribution is 2.28. The van der Waals surface area contributed by atoms with Crippen LogP contribution in [0.2, 0.25) is 0 Å². The molecule has 7 nitrogen and oxygen atoms in total. The van der Waals surface area contributed by atoms with Crippen LogP contribution in [-0.2, 0) is 6.54 Å². The van der Waals surface area contributed by atoms with Gasteiger partial charge in [0.2, 0.25) is 0 Å². The largest absolute Gasteiger partial charge is 0.493 e. The van der Waals surface area contributed by atoms with Gasteiger partial charge in [-0.05, 0) is 54.4 Å². The first-order valence-electron chi connectivity index (χ1n) is 12.3. The number of nitrogens with zero attached hydrogens (tertiary/aromatic N) is 3. The molecule has 1 saturated heterocycles. The lowest BCUT2D eigenvalue weighted by Gasteiger charge is -2.35. The molecule has 4 rings (SSSR count). The number of amides is 1. The summed E-state index contributed by atoms with van der Waals surface area (Å²) in [6.45, 7) is 7.56. The minimum atomic E-state index is -0.179. The van der Waals surface area contributed by atoms with Crippen LogP contribution in [0.15, 0.2) is 66.9 Å². The van der Waals surface area contributed by atoms with Gasteiger partial charge in [-0.25, -0.2) is 4.98 Å². The Morgan fingerprint density at radius 2 is 1.80 bits per heavy atom. The Hall–Kier alpha value is -3.58. The van der Waals surface area contributed by atoms with Gasteiger partial charge in [-0.1, -0.05) is 31.5 Å². The molecular formula is C28H34N4O3. The number of benzene rings is 2. The first-order chi connectivity index (χ1) is 17.2. The van der Waals surface area contributed by atoms with Crippen molar-refractivity contribution in [3.63, 3.8) is 0 Å². The van der Waals surface area contributed by atoms with E-state index < -0.39 is 0 Å². The fourth-order valence-electron chi connectivity index (χ4n) is 4.09. The van der Waals surface area contributed by atoms with E-state index in [1.54, 1.807) is 25.3 Å². The van der Waals surface area contributed by atoms with Crippen LogP contribution in [0.4, 0.5) is 11.5 Å². The second-order valence-corrected chi connectivity index (χ2v) is 8.67. The lowest BCUT2D eigenvalue weighted by molar-refractivity contribution is 0.102. The Labute approximate surface area is 207 Å². The van der Waals surface area contributed by atoms with Crippen LogP contribution >= 0.6 is 0 Å². The van der Waals surface area contributed by atoms with Gasteiger partial charge in [0.1, 0.15) is 5.82 Å². The fourth-order valence-corrected chi connectivity index (χ4v) is 4.09. The average Bonchev–Trinajstić information content (AvgIpc) is 2.91. The number of anilines is 2. The highest BCUT2D eigenvalue weighted by atomic mass is 16.5. The van der Waals surface area contributed by atoms with Crippen molar-refractivity contribution in [1.29, 1.82) is 0 Å². The third kappa shape index (κ3) is 6.73. The Kier molecular flexibility index (Phi) is 8.57. The second-order valence-electron chi connectivity index (χ2n) is 8.67. The number of hydrogen-bond acceptors (Lipinski definition) is 6. The molecule has 1 N–H and O–H groups in total. The van der Waals surface area contributed by atoms with Crippen molar-refractivity contribution >= 4 is 17.4 Å². The summed E-state index contributed by atoms with van der Waals surface area (Å²) in [5.74, 6) is 2.08. The number of rotatable bonds is 10. The lowest BCUT2D eigenvalue weighted by atomic mass is 10.1. The molecular weight excluding hydrogens is 440 g/mol. The zero-order chi connectivity index (χ0) is 24.5. The standard InChI is InChI=1S/C28H34N4O3/c1-3-4-19-35-25-13-10-23(20-26(25)34-2)28(33)30-24-11-8-22(9-12-24)21-31-15-17-32(18-16-31)27-7-5-6-14-29-27/h5-14,20H,3-4,15-19,21H2,1-2H3,(H,30,33). The van der Waals surface area contributed by atoms with Gasteiger partial charge in [0.15, 0.2) is 11.5 Å². The van der Waals surface area contributed by atoms with E-state index >= 15 is 0 Å². The van der Waals surface area contributed by atoms with Crippen molar-refractivity contribution in [2.45, 2.75) is 26.3 Å². The number of hydrogen-bond donors (Lipinski definition) is 1. The highest BCUT2D eigenvalue weighted by molar-refractivity contribution is 6.04. The Balaban J connectivity index is 1.28. The molecule has 1 aliphatic heterocycles. The summed E-state index contributed by atoms with van der Waals surface area (Å²) in [5.41, 5.74) is 2.52. The Morgan fingerprint density at radius 1 is 1.00 bits per heavy atom. The maximum Gasteiger partial charge on any atom is 0.255 e. The lowest BCUT2D eigenvalue weighted by Crippen LogP contribution is -2.46. The minimum absolute atomic E-state index is 0.179. The smallest absolute Gasteiger partial charge is 0.255 e. The number of unbranched alkanes of at least 4 members (excludes halogenated alkanes) is 1. The molecule has 1 aliphatic rings. The zero-order valence-corrected chi connectivity index (χ0v) is 20.6. The Bertz CT molecular complexity index is 1080. The van der Waals surface area contributed by atoms with Crippen LogP contribution < -0.4 is 19.7 Å². The van der Waals surface area contributed by atoms with Gasteiger partial charge < -0.3 is 19.7 Å². The molecule has 0 unspecified atom stereocenters. The molecule has 1 aromatic heterocycles. The number of nitrogens with one attached hydrogen (secondary N) is 1. The molecule has 35 heavy (non-hydrogen) atoms. The van der Waals surface area contributed by atoms with Gasteiger partial charge in [-0.15, -0.1) is 0 Å². The summed E-state index contributed by atoms with van der Waals surface area (Å²) >= 11 is 0. The molecule has 7 heteroatoms. The molecule has 2 aromatic carbocycles. The van der Waals surface area contributed by atoms with Crippen LogP contribution in [-0.4, -0.2) is 55.7 Å². The van der Waals surface area contributed by atoms with E-state index in [9.17, 15) is 4.79 Å². The summed E-state index contributed by atoms with van der Waals surface area (Å²) in [6, 6.07) is 19.4. The van der Waals surface area contributed by atoms with E-state index in [1.165, 1.54) is 5.56 Å². The Morgan fingerprint density at radius 3 is 2.49 bits per heavy atom. The number of pyridine rings is 1. The quantitative estimate of drug-likeness (QED) is 0.424. The van der Waals surface area contributed by atoms with Crippen molar-refractivity contribution in [3.8, 4) is 11.5 Å². The van der Waals surface area contributed by atoms with Crippen LogP contribution in [0.3, 0.4) is 0 Å². The third-order valence-corrected chi connectivity index (χ3v) is 6.14. The minimum Gasteiger partial charge on any atom is -0.493 e. The van der Waals surface area contributed by atoms with Gasteiger partial charge >= 0.3 is 0 Å². The van der Waals surface area contributed by atoms with Gasteiger partial charge in [0.25, 0.3) is 5.91 Å². The molecule has 0 spiro atoms. The van der Waals surface area contributed by atoms with Crippen molar-refractivity contribution < 1.29 is 14.3 Å². The van der Waals surface area contributed by atoms with Crippen molar-refractivity contribution in [2.75, 3.05) is 50.1 Å². The van der Waals surface area contributed by atoms with Gasteiger partial charge in [0.05, 0.1) is 13.7 Å². The summed E-state index contributed by atoms with van der Waals surface area (Å²) < 4.78 is 11.2. The first kappa shape index (κ1) is 24.5. The van der Waals surface area contributed by atoms with Crippen LogP contribution in [0.5, 0.6) is 11.5 Å². The highest BCUT2D eigenvalue weighted by Gasteiger charge is 2.18. The van der Waals surface area contributed by atoms with E-state index in [0.29, 0.717) is 23.7 Å². The SMILES string of the molecule is CCCCOc1ccc(C(=O)Nc2ccc(CN3CCN(c4ccccn4)CC3)cc2)cc1OC. The van der Waals surface area contributed by atoms with Crippen LogP contribution in [0, 0.1) is 0 Å². The molecule has 0 radical (unpaired) electrons. The first-order valence-corrected chi connectivity index (χ1v) is 12.3. The molecule has 0 atom stereocenters. The summed E-state index contributed by atoms with van der Waals surface area (Å²) in [6.07, 6.45) is 3.88. The number of ether oxygens (including phenoxy) is 2. The normalized spacial score (nSPS) is 13.9. The monoisotopic (exact) mass is 474 g/mol. The van der Waals surface area contributed by atoms with E-state index in [-0.39, 0.29) is 5.91 Å². The molecule has 184 valence electrons. The molecule has 0 bridgehead atoms. The molecule has 1 amide bonds. The zero-order valence-electron chi connectivity index (χ0n) is 20.6. The fraction of sp³-hybridized carbons (Fsp3) is 0.357. The number of carbonyl (C=O) groups excluding carboxylic acids is 1. The number of carbonyl (C=O) groups is 1. The van der Waals surface area contributed by atoms with E-state index in [0.717, 1.165) is 57.1 Å². The second kappa shape index (κ2) is 12.2. The van der Waals surface area contributed by atoms with Crippen LogP contribution in [0.1, 0.15) is 35.7 Å². The molecule has 0 aliphatic carbocycles. The number of aromatic nitrogens is 1. The van der Waals surface area contributed by atoms with Crippen molar-refractivity contribution in [2.24, 2.45) is 0 Å². The van der Waals surface area contributed by atoms with Crippen molar-refractivity contribution in [3.05, 3.63) is 78.0 Å². The van der Waals surface area contributed by atoms with Gasteiger partial charge in [0, 0.05) is 50.2 Å². The molecule has 0 saturated carbocycles. The van der Waals surface area contributed by atoms with Crippen LogP contribution in [0.25, 0.3) is 0 Å². The molecule has 3 aromatic rings. The predicted molar refractivity (Wildman–Crippen MR) is 140 cm³/mol. The summed E-state index contributed by atoms with van der Waals surface area (Å²) in [4.78, 5) is 22.0. The predicted octanol–water partition coefficient (Wildman–Crippen LogP) is 4.84. The third-order valence-electron chi connectivity index (χ3n) is 6.14. The van der Waals surface area contributed by atoms with E-state index in [1.807, 2.05) is 30.5 Å². The average molecular weight is 475 g/mol. The maximum absolute atomic E-state index is 12.8. The van der Waals surface area contributed by atoms with Gasteiger partial charge in [-0.3, -0.25) is 9.69 Å². The summed E-state index contributed by atoms with van der Waals surface area (Å²) in [5, 5.41) is 2.97. The molecule has 1 fully saturated rings. The van der Waals surface area contributed by atoms with Crippen molar-refractivity contribution in [1.82, 2.24) is 9.88 Å². The number of methoxy groups -OCH3 is 1. The van der Waals surface area contributed by atoms with E-state index in [4.69, 9.17) is 9.47 Å². The maximum atomic E-state index is 12.8.